The van der Waals surface area contributed by atoms with Gasteiger partial charge in [-0.3, -0.25) is 24.6 Å². The molecular weight excluding hydrogens is 618 g/mol. The highest BCUT2D eigenvalue weighted by Crippen LogP contribution is 2.23. The lowest BCUT2D eigenvalue weighted by Crippen LogP contribution is -2.10. The van der Waals surface area contributed by atoms with E-state index >= 15 is 0 Å². The van der Waals surface area contributed by atoms with Gasteiger partial charge in [0.2, 0.25) is 0 Å². The summed E-state index contributed by atoms with van der Waals surface area (Å²) in [5, 5.41) is 28.1. The predicted molar refractivity (Wildman–Crippen MR) is 186 cm³/mol. The van der Waals surface area contributed by atoms with E-state index in [-0.39, 0.29) is 5.69 Å². The molecule has 0 bridgehead atoms. The maximum atomic E-state index is 10.5. The van der Waals surface area contributed by atoms with E-state index < -0.39 is 4.92 Å². The molecule has 6 aromatic rings. The zero-order valence-corrected chi connectivity index (χ0v) is 27.3. The number of ether oxygens (including phenoxy) is 4. The Bertz CT molecular complexity index is 1840. The Labute approximate surface area is 277 Å². The highest BCUT2D eigenvalue weighted by molar-refractivity contribution is 5.90. The molecule has 3 aromatic heterocycles. The van der Waals surface area contributed by atoms with Crippen molar-refractivity contribution in [2.75, 3.05) is 64.3 Å². The van der Waals surface area contributed by atoms with Crippen LogP contribution in [0, 0.1) is 10.1 Å². The quantitative estimate of drug-likeness (QED) is 0.0591. The molecule has 0 fully saturated rings. The van der Waals surface area contributed by atoms with Crippen LogP contribution in [0.1, 0.15) is 13.8 Å². The summed E-state index contributed by atoms with van der Waals surface area (Å²) < 4.78 is 25.1. The van der Waals surface area contributed by atoms with Gasteiger partial charge in [-0.1, -0.05) is 18.2 Å². The van der Waals surface area contributed by atoms with Crippen molar-refractivity contribution < 1.29 is 23.9 Å². The summed E-state index contributed by atoms with van der Waals surface area (Å²) in [7, 11) is 0. The summed E-state index contributed by atoms with van der Waals surface area (Å²) in [5.74, 6) is 0. The number of hydrogen-bond acceptors (Lipinski definition) is 11. The molecule has 256 valence electrons. The molecule has 15 heteroatoms. The highest BCUT2D eigenvalue weighted by atomic mass is 16.6. The van der Waals surface area contributed by atoms with E-state index in [4.69, 9.17) is 30.4 Å². The number of non-ortho nitro benzene ring substituents is 1. The summed E-state index contributed by atoms with van der Waals surface area (Å²) in [4.78, 5) is 10.1. The van der Waals surface area contributed by atoms with Gasteiger partial charge in [-0.25, -0.2) is 0 Å². The van der Waals surface area contributed by atoms with E-state index in [2.05, 4.69) is 20.4 Å². The number of nitrogens with one attached hydrogen (secondary N) is 1. The van der Waals surface area contributed by atoms with Crippen LogP contribution in [0.25, 0.3) is 32.7 Å². The van der Waals surface area contributed by atoms with E-state index in [0.717, 1.165) is 59.5 Å². The molecule has 6 rings (SSSR count). The molecule has 3 heterocycles. The average molecular weight is 662 g/mol. The molecule has 0 aliphatic heterocycles. The molecule has 0 radical (unpaired) electrons. The number of H-pyrrole nitrogens is 1. The van der Waals surface area contributed by atoms with Gasteiger partial charge in [0.25, 0.3) is 5.69 Å². The van der Waals surface area contributed by atoms with Gasteiger partial charge >= 0.3 is 0 Å². The van der Waals surface area contributed by atoms with Crippen molar-refractivity contribution in [1.29, 1.82) is 0 Å². The van der Waals surface area contributed by atoms with Gasteiger partial charge in [0, 0.05) is 47.6 Å². The Hall–Kier alpha value is -5.09. The second kappa shape index (κ2) is 18.9. The normalized spacial score (nSPS) is 11.0. The number of rotatable bonds is 15. The fourth-order valence-corrected chi connectivity index (χ4v) is 4.68. The minimum Gasteiger partial charge on any atom is -0.398 e. The van der Waals surface area contributed by atoms with Gasteiger partial charge < -0.3 is 30.4 Å². The summed E-state index contributed by atoms with van der Waals surface area (Å²) >= 11 is 0. The SMILES string of the molecule is CCOCCOCCn1cc2c(N)cccc2n1.CCOCCOCCn1ncc2c(N)cccc21.O=[N+]([O-])c1cccc2[nH]ncc12. The van der Waals surface area contributed by atoms with Crippen molar-refractivity contribution in [1.82, 2.24) is 29.8 Å². The monoisotopic (exact) mass is 661 g/mol. The zero-order chi connectivity index (χ0) is 34.1. The smallest absolute Gasteiger partial charge is 0.280 e. The lowest BCUT2D eigenvalue weighted by Gasteiger charge is -2.06. The van der Waals surface area contributed by atoms with Crippen LogP contribution >= 0.6 is 0 Å². The molecule has 5 N–H and O–H groups in total. The van der Waals surface area contributed by atoms with Crippen LogP contribution in [0.15, 0.2) is 73.2 Å². The van der Waals surface area contributed by atoms with Crippen LogP contribution < -0.4 is 11.5 Å². The van der Waals surface area contributed by atoms with Crippen LogP contribution in [-0.4, -0.2) is 87.5 Å². The third-order valence-electron chi connectivity index (χ3n) is 7.08. The van der Waals surface area contributed by atoms with Crippen LogP contribution in [0.2, 0.25) is 0 Å². The van der Waals surface area contributed by atoms with Crippen molar-refractivity contribution in [2.45, 2.75) is 26.9 Å². The molecule has 15 nitrogen and oxygen atoms in total. The summed E-state index contributed by atoms with van der Waals surface area (Å²) in [5.41, 5.74) is 16.0. The third-order valence-corrected chi connectivity index (χ3v) is 7.08. The fraction of sp³-hybridized carbons (Fsp3) is 0.364. The van der Waals surface area contributed by atoms with Crippen LogP contribution in [0.5, 0.6) is 0 Å². The Morgan fingerprint density at radius 2 is 1.42 bits per heavy atom. The Kier molecular flexibility index (Phi) is 14.1. The number of nitro groups is 1. The molecule has 3 aromatic carbocycles. The second-order valence-electron chi connectivity index (χ2n) is 10.3. The van der Waals surface area contributed by atoms with Gasteiger partial charge in [-0.05, 0) is 44.2 Å². The Morgan fingerprint density at radius 3 is 2.10 bits per heavy atom. The molecule has 0 unspecified atom stereocenters. The molecule has 0 saturated carbocycles. The first-order valence-electron chi connectivity index (χ1n) is 15.7. The predicted octanol–water partition coefficient (Wildman–Crippen LogP) is 4.81. The van der Waals surface area contributed by atoms with Crippen molar-refractivity contribution in [3.63, 3.8) is 0 Å². The average Bonchev–Trinajstić information content (AvgIpc) is 3.84. The zero-order valence-electron chi connectivity index (χ0n) is 27.3. The molecule has 0 aliphatic rings. The molecule has 48 heavy (non-hydrogen) atoms. The number of aromatic amines is 1. The largest absolute Gasteiger partial charge is 0.398 e. The molecule has 0 spiro atoms. The number of fused-ring (bicyclic) bond motifs is 3. The van der Waals surface area contributed by atoms with Gasteiger partial charge in [0.1, 0.15) is 0 Å². The Balaban J connectivity index is 0.000000166. The number of nitrogens with zero attached hydrogens (tertiary/aromatic N) is 6. The molecule has 0 amide bonds. The van der Waals surface area contributed by atoms with E-state index in [0.29, 0.717) is 50.5 Å². The summed E-state index contributed by atoms with van der Waals surface area (Å²) in [6.07, 6.45) is 5.20. The lowest BCUT2D eigenvalue weighted by molar-refractivity contribution is -0.383. The summed E-state index contributed by atoms with van der Waals surface area (Å²) in [6.45, 7) is 10.6. The van der Waals surface area contributed by atoms with Crippen molar-refractivity contribution >= 4 is 49.8 Å². The first-order chi connectivity index (χ1) is 23.4. The minimum absolute atomic E-state index is 0.0845. The van der Waals surface area contributed by atoms with E-state index in [9.17, 15) is 10.1 Å². The van der Waals surface area contributed by atoms with Gasteiger partial charge in [0.05, 0.1) is 92.0 Å². The van der Waals surface area contributed by atoms with Crippen molar-refractivity contribution in [2.24, 2.45) is 0 Å². The molecule has 0 aliphatic carbocycles. The highest BCUT2D eigenvalue weighted by Gasteiger charge is 2.11. The number of anilines is 2. The first-order valence-corrected chi connectivity index (χ1v) is 15.7. The maximum absolute atomic E-state index is 10.5. The molecule has 0 saturated heterocycles. The number of nitrogens with two attached hydrogens (primary N) is 2. The number of hydrogen-bond donors (Lipinski definition) is 3. The van der Waals surface area contributed by atoms with Crippen molar-refractivity contribution in [3.05, 3.63) is 83.3 Å². The third kappa shape index (κ3) is 10.2. The number of nitrogen functional groups attached to an aromatic ring is 2. The van der Waals surface area contributed by atoms with Gasteiger partial charge in [-0.2, -0.15) is 15.3 Å². The fourth-order valence-electron chi connectivity index (χ4n) is 4.68. The van der Waals surface area contributed by atoms with Crippen LogP contribution in [0.4, 0.5) is 17.1 Å². The standard InChI is InChI=1S/2C13H19N3O2.C7H5N3O2/c1-2-17-8-9-18-7-6-16-10-11-12(14)4-3-5-13(11)15-16;1-2-17-8-9-18-7-6-16-13-5-3-4-12(14)11(13)10-15-16;11-10(12)7-3-1-2-6-5(7)4-8-9-6/h2*3-5,10H,2,6-9,14H2,1H3;1-4H,(H,8,9). The number of nitro benzene ring substituents is 1. The summed E-state index contributed by atoms with van der Waals surface area (Å²) in [6, 6.07) is 16.4. The maximum Gasteiger partial charge on any atom is 0.280 e. The van der Waals surface area contributed by atoms with E-state index in [1.54, 1.807) is 18.3 Å². The number of aromatic nitrogens is 6. The van der Waals surface area contributed by atoms with Crippen LogP contribution in [0.3, 0.4) is 0 Å². The van der Waals surface area contributed by atoms with E-state index in [1.807, 2.05) is 65.8 Å². The van der Waals surface area contributed by atoms with Gasteiger partial charge in [-0.15, -0.1) is 0 Å². The molecular formula is C33H43N9O6. The second-order valence-corrected chi connectivity index (χ2v) is 10.3. The Morgan fingerprint density at radius 1 is 0.771 bits per heavy atom. The van der Waals surface area contributed by atoms with Crippen molar-refractivity contribution in [3.8, 4) is 0 Å². The number of benzene rings is 3. The van der Waals surface area contributed by atoms with E-state index in [1.165, 1.54) is 12.3 Å². The topological polar surface area (TPSA) is 196 Å². The minimum atomic E-state index is -0.419. The van der Waals surface area contributed by atoms with Crippen LogP contribution in [-0.2, 0) is 32.0 Å². The lowest BCUT2D eigenvalue weighted by atomic mass is 10.2. The first kappa shape index (κ1) is 35.8. The van der Waals surface area contributed by atoms with Gasteiger partial charge in [0.15, 0.2) is 0 Å². The molecule has 0 atom stereocenters.